The van der Waals surface area contributed by atoms with E-state index < -0.39 is 5.54 Å². The van der Waals surface area contributed by atoms with Crippen LogP contribution in [-0.2, 0) is 11.3 Å². The Kier molecular flexibility index (Phi) is 4.63. The third-order valence-corrected chi connectivity index (χ3v) is 5.46. The lowest BCUT2D eigenvalue weighted by molar-refractivity contribution is -0.135. The third-order valence-electron chi connectivity index (χ3n) is 5.46. The van der Waals surface area contributed by atoms with Gasteiger partial charge in [-0.3, -0.25) is 9.69 Å². The molecule has 1 spiro atoms. The zero-order chi connectivity index (χ0) is 17.3. The molecule has 1 saturated heterocycles. The number of nitrogens with zero attached hydrogens (tertiary/aromatic N) is 2. The summed E-state index contributed by atoms with van der Waals surface area (Å²) in [6.45, 7) is 5.18. The van der Waals surface area contributed by atoms with Crippen LogP contribution in [0.4, 0.5) is 4.79 Å². The maximum absolute atomic E-state index is 13.0. The zero-order valence-electron chi connectivity index (χ0n) is 14.8. The minimum absolute atomic E-state index is 0.0459. The second-order valence-electron chi connectivity index (χ2n) is 7.42. The van der Waals surface area contributed by atoms with Crippen LogP contribution in [0.25, 0.3) is 0 Å². The quantitative estimate of drug-likeness (QED) is 0.864. The van der Waals surface area contributed by atoms with E-state index in [-0.39, 0.29) is 17.9 Å². The summed E-state index contributed by atoms with van der Waals surface area (Å²) in [7, 11) is 1.94. The van der Waals surface area contributed by atoms with E-state index in [1.807, 2.05) is 11.9 Å². The number of hydrogen-bond donors (Lipinski definition) is 1. The topological polar surface area (TPSA) is 52.6 Å². The van der Waals surface area contributed by atoms with E-state index >= 15 is 0 Å². The highest BCUT2D eigenvalue weighted by Gasteiger charge is 2.54. The highest BCUT2D eigenvalue weighted by molar-refractivity contribution is 6.07. The van der Waals surface area contributed by atoms with Crippen molar-refractivity contribution in [3.63, 3.8) is 0 Å². The molecule has 5 heteroatoms. The summed E-state index contributed by atoms with van der Waals surface area (Å²) in [4.78, 5) is 28.7. The van der Waals surface area contributed by atoms with Crippen molar-refractivity contribution in [2.24, 2.45) is 5.92 Å². The smallest absolute Gasteiger partial charge is 0.323 e. The second kappa shape index (κ2) is 6.55. The van der Waals surface area contributed by atoms with Crippen molar-refractivity contribution in [3.8, 4) is 0 Å². The molecule has 2 atom stereocenters. The first kappa shape index (κ1) is 17.0. The van der Waals surface area contributed by atoms with Gasteiger partial charge in [-0.15, -0.1) is 0 Å². The molecular formula is C19H27N3O2. The molecule has 2 fully saturated rings. The predicted octanol–water partition coefficient (Wildman–Crippen LogP) is 2.89. The van der Waals surface area contributed by atoms with Crippen LogP contribution in [0.5, 0.6) is 0 Å². The van der Waals surface area contributed by atoms with Crippen LogP contribution in [0.2, 0.25) is 0 Å². The summed E-state index contributed by atoms with van der Waals surface area (Å²) >= 11 is 0. The molecule has 24 heavy (non-hydrogen) atoms. The lowest BCUT2D eigenvalue weighted by Crippen LogP contribution is -2.54. The highest BCUT2D eigenvalue weighted by atomic mass is 16.2. The second-order valence-corrected chi connectivity index (χ2v) is 7.42. The molecule has 1 N–H and O–H groups in total. The van der Waals surface area contributed by atoms with Crippen molar-refractivity contribution < 1.29 is 9.59 Å². The third kappa shape index (κ3) is 3.05. The van der Waals surface area contributed by atoms with Gasteiger partial charge in [0.15, 0.2) is 0 Å². The van der Waals surface area contributed by atoms with Crippen molar-refractivity contribution in [1.82, 2.24) is 15.1 Å². The summed E-state index contributed by atoms with van der Waals surface area (Å²) in [5.74, 6) is 0.158. The summed E-state index contributed by atoms with van der Waals surface area (Å²) < 4.78 is 0. The van der Waals surface area contributed by atoms with Gasteiger partial charge in [-0.05, 0) is 38.3 Å². The molecule has 0 unspecified atom stereocenters. The number of imide groups is 1. The number of aryl methyl sites for hydroxylation is 1. The zero-order valence-corrected chi connectivity index (χ0v) is 14.8. The number of hydrogen-bond acceptors (Lipinski definition) is 3. The Morgan fingerprint density at radius 2 is 1.96 bits per heavy atom. The van der Waals surface area contributed by atoms with Gasteiger partial charge >= 0.3 is 6.03 Å². The minimum Gasteiger partial charge on any atom is -0.323 e. The van der Waals surface area contributed by atoms with Gasteiger partial charge in [0.1, 0.15) is 5.54 Å². The van der Waals surface area contributed by atoms with Gasteiger partial charge in [-0.1, -0.05) is 49.6 Å². The fourth-order valence-corrected chi connectivity index (χ4v) is 3.92. The van der Waals surface area contributed by atoms with Gasteiger partial charge < -0.3 is 5.32 Å². The van der Waals surface area contributed by atoms with Crippen LogP contribution >= 0.6 is 0 Å². The van der Waals surface area contributed by atoms with E-state index in [0.29, 0.717) is 13.2 Å². The number of urea groups is 1. The number of amides is 3. The molecule has 1 aromatic carbocycles. The number of carbonyl (C=O) groups excluding carboxylic acids is 2. The van der Waals surface area contributed by atoms with Gasteiger partial charge in [0.05, 0.1) is 6.67 Å². The molecule has 1 aliphatic carbocycles. The molecule has 5 nitrogen and oxygen atoms in total. The summed E-state index contributed by atoms with van der Waals surface area (Å²) in [5.41, 5.74) is 1.74. The van der Waals surface area contributed by atoms with E-state index in [2.05, 4.69) is 43.4 Å². The van der Waals surface area contributed by atoms with Gasteiger partial charge in [0.25, 0.3) is 5.91 Å². The van der Waals surface area contributed by atoms with Crippen LogP contribution in [0.1, 0.15) is 43.7 Å². The monoisotopic (exact) mass is 329 g/mol. The average Bonchev–Trinajstić information content (AvgIpc) is 2.78. The highest BCUT2D eigenvalue weighted by Crippen LogP contribution is 2.38. The van der Waals surface area contributed by atoms with Crippen LogP contribution < -0.4 is 5.32 Å². The molecule has 0 radical (unpaired) electrons. The van der Waals surface area contributed by atoms with E-state index in [1.54, 1.807) is 0 Å². The first-order valence-corrected chi connectivity index (χ1v) is 8.80. The van der Waals surface area contributed by atoms with E-state index in [1.165, 1.54) is 16.0 Å². The van der Waals surface area contributed by atoms with Gasteiger partial charge in [0.2, 0.25) is 0 Å². The molecule has 2 aliphatic rings. The first-order chi connectivity index (χ1) is 11.4. The molecular weight excluding hydrogens is 302 g/mol. The summed E-state index contributed by atoms with van der Waals surface area (Å²) in [6, 6.07) is 8.08. The van der Waals surface area contributed by atoms with Crippen molar-refractivity contribution >= 4 is 11.9 Å². The van der Waals surface area contributed by atoms with Crippen LogP contribution in [0.15, 0.2) is 24.3 Å². The molecule has 1 heterocycles. The molecule has 0 aromatic heterocycles. The normalized spacial score (nSPS) is 27.2. The predicted molar refractivity (Wildman–Crippen MR) is 93.3 cm³/mol. The van der Waals surface area contributed by atoms with Gasteiger partial charge in [-0.2, -0.15) is 0 Å². The largest absolute Gasteiger partial charge is 0.326 e. The van der Waals surface area contributed by atoms with Crippen molar-refractivity contribution in [2.75, 3.05) is 13.7 Å². The average molecular weight is 329 g/mol. The summed E-state index contributed by atoms with van der Waals surface area (Å²) in [6.07, 6.45) is 3.90. The Morgan fingerprint density at radius 3 is 2.62 bits per heavy atom. The SMILES string of the molecule is Cc1ccc(CN(C)CN2C(=O)N[C@]3(CCCC[C@H]3C)C2=O)cc1. The molecule has 1 aliphatic heterocycles. The van der Waals surface area contributed by atoms with Crippen molar-refractivity contribution in [2.45, 2.75) is 51.6 Å². The minimum atomic E-state index is -0.667. The Balaban J connectivity index is 1.67. The molecule has 3 rings (SSSR count). The van der Waals surface area contributed by atoms with E-state index in [9.17, 15) is 9.59 Å². The fraction of sp³-hybridized carbons (Fsp3) is 0.579. The van der Waals surface area contributed by atoms with Crippen molar-refractivity contribution in [3.05, 3.63) is 35.4 Å². The van der Waals surface area contributed by atoms with Crippen LogP contribution in [-0.4, -0.2) is 41.0 Å². The van der Waals surface area contributed by atoms with Gasteiger partial charge in [-0.25, -0.2) is 9.69 Å². The Labute approximate surface area is 144 Å². The molecule has 1 saturated carbocycles. The maximum atomic E-state index is 13.0. The Morgan fingerprint density at radius 1 is 1.25 bits per heavy atom. The first-order valence-electron chi connectivity index (χ1n) is 8.80. The van der Waals surface area contributed by atoms with Gasteiger partial charge in [0, 0.05) is 6.54 Å². The maximum Gasteiger partial charge on any atom is 0.326 e. The number of nitrogens with one attached hydrogen (secondary N) is 1. The molecule has 0 bridgehead atoms. The standard InChI is InChI=1S/C19H27N3O2/c1-14-7-9-16(10-8-14)12-21(3)13-22-17(23)19(20-18(22)24)11-5-4-6-15(19)2/h7-10,15H,4-6,11-13H2,1-3H3,(H,20,24)/t15-,19+/m1/s1. The fourth-order valence-electron chi connectivity index (χ4n) is 3.92. The van der Waals surface area contributed by atoms with Crippen molar-refractivity contribution in [1.29, 1.82) is 0 Å². The lowest BCUT2D eigenvalue weighted by atomic mass is 9.73. The van der Waals surface area contributed by atoms with Crippen LogP contribution in [0, 0.1) is 12.8 Å². The summed E-state index contributed by atoms with van der Waals surface area (Å²) in [5, 5.41) is 3.01. The molecule has 3 amide bonds. The Hall–Kier alpha value is -1.88. The lowest BCUT2D eigenvalue weighted by Gasteiger charge is -2.37. The van der Waals surface area contributed by atoms with E-state index in [0.717, 1.165) is 25.7 Å². The van der Waals surface area contributed by atoms with Crippen LogP contribution in [0.3, 0.4) is 0 Å². The number of carbonyl (C=O) groups is 2. The Bertz CT molecular complexity index is 628. The number of rotatable bonds is 4. The molecule has 130 valence electrons. The molecule has 1 aromatic rings. The van der Waals surface area contributed by atoms with E-state index in [4.69, 9.17) is 0 Å². The number of benzene rings is 1.